The molecule has 2 N–H and O–H groups in total. The highest BCUT2D eigenvalue weighted by Crippen LogP contribution is 2.42. The first-order valence-electron chi connectivity index (χ1n) is 9.33. The summed E-state index contributed by atoms with van der Waals surface area (Å²) in [6.45, 7) is 0. The maximum absolute atomic E-state index is 13.1. The Morgan fingerprint density at radius 2 is 1.48 bits per heavy atom. The highest BCUT2D eigenvalue weighted by Gasteiger charge is 2.47. The average molecular weight is 478 g/mol. The highest BCUT2D eigenvalue weighted by atomic mass is 79.9. The van der Waals surface area contributed by atoms with Gasteiger partial charge in [0.1, 0.15) is 5.76 Å². The Labute approximate surface area is 186 Å². The number of aliphatic hydroxyl groups excluding tert-OH is 1. The number of carbonyl (C=O) groups is 3. The minimum absolute atomic E-state index is 0.0167. The molecule has 0 saturated carbocycles. The molecule has 0 bridgehead atoms. The number of amides is 1. The van der Waals surface area contributed by atoms with Crippen LogP contribution in [0.2, 0.25) is 0 Å². The maximum atomic E-state index is 13.1. The van der Waals surface area contributed by atoms with Crippen molar-refractivity contribution in [2.24, 2.45) is 0 Å². The Hall–Kier alpha value is -3.71. The van der Waals surface area contributed by atoms with Crippen LogP contribution in [0.4, 0.5) is 5.69 Å². The number of nitrogens with zero attached hydrogens (tertiary/aromatic N) is 1. The topological polar surface area (TPSA) is 94.9 Å². The number of halogens is 1. The van der Waals surface area contributed by atoms with Crippen molar-refractivity contribution < 1.29 is 24.6 Å². The third-order valence-corrected chi connectivity index (χ3v) is 5.58. The lowest BCUT2D eigenvalue weighted by atomic mass is 9.95. The van der Waals surface area contributed by atoms with Gasteiger partial charge in [-0.25, -0.2) is 4.79 Å². The number of carboxylic acid groups (broad SMARTS) is 1. The lowest BCUT2D eigenvalue weighted by molar-refractivity contribution is -0.132. The molecule has 1 aliphatic heterocycles. The van der Waals surface area contributed by atoms with E-state index < -0.39 is 23.7 Å². The number of rotatable bonds is 4. The molecule has 0 radical (unpaired) electrons. The molecule has 0 aliphatic carbocycles. The first kappa shape index (κ1) is 20.6. The van der Waals surface area contributed by atoms with E-state index in [2.05, 4.69) is 15.9 Å². The zero-order valence-electron chi connectivity index (χ0n) is 16.0. The van der Waals surface area contributed by atoms with E-state index in [1.807, 2.05) is 0 Å². The third kappa shape index (κ3) is 3.75. The summed E-state index contributed by atoms with van der Waals surface area (Å²) in [4.78, 5) is 38.8. The van der Waals surface area contributed by atoms with E-state index in [-0.39, 0.29) is 22.6 Å². The van der Waals surface area contributed by atoms with Crippen molar-refractivity contribution in [3.8, 4) is 0 Å². The van der Waals surface area contributed by atoms with Crippen molar-refractivity contribution in [2.75, 3.05) is 4.90 Å². The standard InChI is InChI=1S/C24H16BrNO5/c25-17-11-9-14(10-12-17)20-19(21(27)15-5-2-1-3-6-15)22(28)23(29)26(20)18-8-4-7-16(13-18)24(30)31/h1-13,20,27H,(H,30,31). The average Bonchev–Trinajstić information content (AvgIpc) is 3.05. The number of aliphatic hydroxyl groups is 1. The molecule has 1 atom stereocenters. The molecular weight excluding hydrogens is 462 g/mol. The Kier molecular flexibility index (Phi) is 5.44. The van der Waals surface area contributed by atoms with Crippen LogP contribution in [-0.4, -0.2) is 27.9 Å². The van der Waals surface area contributed by atoms with Crippen LogP contribution < -0.4 is 4.90 Å². The SMILES string of the molecule is O=C1C(=O)N(c2cccc(C(=O)O)c2)C(c2ccc(Br)cc2)C1=C(O)c1ccccc1. The Bertz CT molecular complexity index is 1220. The first-order valence-corrected chi connectivity index (χ1v) is 10.1. The second kappa shape index (κ2) is 8.20. The Balaban J connectivity index is 1.95. The van der Waals surface area contributed by atoms with Gasteiger partial charge in [-0.05, 0) is 35.9 Å². The Morgan fingerprint density at radius 3 is 2.13 bits per heavy atom. The third-order valence-electron chi connectivity index (χ3n) is 5.05. The van der Waals surface area contributed by atoms with Gasteiger partial charge in [0.2, 0.25) is 0 Å². The summed E-state index contributed by atoms with van der Waals surface area (Å²) >= 11 is 3.37. The van der Waals surface area contributed by atoms with Gasteiger partial charge in [0.25, 0.3) is 11.7 Å². The normalized spacial score (nSPS) is 17.7. The van der Waals surface area contributed by atoms with Crippen LogP contribution in [0.15, 0.2) is 88.9 Å². The molecule has 6 nitrogen and oxygen atoms in total. The molecule has 7 heteroatoms. The number of hydrogen-bond donors (Lipinski definition) is 2. The quantitative estimate of drug-likeness (QED) is 0.320. The monoisotopic (exact) mass is 477 g/mol. The van der Waals surface area contributed by atoms with Gasteiger partial charge in [0.15, 0.2) is 0 Å². The summed E-state index contributed by atoms with van der Waals surface area (Å²) in [5.41, 5.74) is 1.18. The van der Waals surface area contributed by atoms with E-state index in [0.717, 1.165) is 4.47 Å². The molecule has 1 fully saturated rings. The van der Waals surface area contributed by atoms with Crippen LogP contribution in [0.1, 0.15) is 27.5 Å². The van der Waals surface area contributed by atoms with E-state index in [1.54, 1.807) is 60.7 Å². The molecule has 4 rings (SSSR count). The van der Waals surface area contributed by atoms with Gasteiger partial charge in [0.05, 0.1) is 17.2 Å². The van der Waals surface area contributed by atoms with Crippen LogP contribution in [0.25, 0.3) is 5.76 Å². The van der Waals surface area contributed by atoms with Crippen molar-refractivity contribution in [3.63, 3.8) is 0 Å². The van der Waals surface area contributed by atoms with Gasteiger partial charge in [-0.3, -0.25) is 14.5 Å². The van der Waals surface area contributed by atoms with Crippen molar-refractivity contribution in [2.45, 2.75) is 6.04 Å². The number of hydrogen-bond acceptors (Lipinski definition) is 4. The first-order chi connectivity index (χ1) is 14.9. The number of anilines is 1. The molecule has 3 aromatic carbocycles. The number of carboxylic acids is 1. The zero-order valence-corrected chi connectivity index (χ0v) is 17.6. The summed E-state index contributed by atoms with van der Waals surface area (Å²) in [6.07, 6.45) is 0. The van der Waals surface area contributed by atoms with Gasteiger partial charge in [0, 0.05) is 15.7 Å². The predicted molar refractivity (Wildman–Crippen MR) is 119 cm³/mol. The molecule has 1 unspecified atom stereocenters. The van der Waals surface area contributed by atoms with Crippen LogP contribution in [-0.2, 0) is 9.59 Å². The minimum atomic E-state index is -1.15. The van der Waals surface area contributed by atoms with Crippen LogP contribution in [0.5, 0.6) is 0 Å². The molecule has 1 heterocycles. The second-order valence-corrected chi connectivity index (χ2v) is 7.86. The molecular formula is C24H16BrNO5. The lowest BCUT2D eigenvalue weighted by Crippen LogP contribution is -2.29. The molecule has 0 aromatic heterocycles. The number of aromatic carboxylic acids is 1. The molecule has 1 aliphatic rings. The maximum Gasteiger partial charge on any atom is 0.335 e. The molecule has 154 valence electrons. The Morgan fingerprint density at radius 1 is 0.839 bits per heavy atom. The summed E-state index contributed by atoms with van der Waals surface area (Å²) in [5.74, 6) is -3.12. The number of carbonyl (C=O) groups excluding carboxylic acids is 2. The van der Waals surface area contributed by atoms with Crippen LogP contribution in [0.3, 0.4) is 0 Å². The van der Waals surface area contributed by atoms with Crippen LogP contribution in [0, 0.1) is 0 Å². The fourth-order valence-electron chi connectivity index (χ4n) is 3.60. The number of ketones is 1. The largest absolute Gasteiger partial charge is 0.507 e. The summed E-state index contributed by atoms with van der Waals surface area (Å²) < 4.78 is 0.809. The molecule has 0 spiro atoms. The van der Waals surface area contributed by atoms with Gasteiger partial charge in [-0.2, -0.15) is 0 Å². The van der Waals surface area contributed by atoms with Gasteiger partial charge >= 0.3 is 5.97 Å². The highest BCUT2D eigenvalue weighted by molar-refractivity contribution is 9.10. The molecule has 1 amide bonds. The smallest absolute Gasteiger partial charge is 0.335 e. The fraction of sp³-hybridized carbons (Fsp3) is 0.0417. The second-order valence-electron chi connectivity index (χ2n) is 6.94. The van der Waals surface area contributed by atoms with E-state index in [0.29, 0.717) is 11.1 Å². The zero-order chi connectivity index (χ0) is 22.1. The van der Waals surface area contributed by atoms with E-state index in [4.69, 9.17) is 0 Å². The molecule has 1 saturated heterocycles. The van der Waals surface area contributed by atoms with Gasteiger partial charge < -0.3 is 10.2 Å². The number of benzene rings is 3. The van der Waals surface area contributed by atoms with Crippen molar-refractivity contribution >= 4 is 45.0 Å². The fourth-order valence-corrected chi connectivity index (χ4v) is 3.86. The summed E-state index contributed by atoms with van der Waals surface area (Å²) in [5, 5.41) is 20.3. The predicted octanol–water partition coefficient (Wildman–Crippen LogP) is 4.77. The van der Waals surface area contributed by atoms with Crippen molar-refractivity contribution in [1.29, 1.82) is 0 Å². The van der Waals surface area contributed by atoms with Gasteiger partial charge in [-0.15, -0.1) is 0 Å². The van der Waals surface area contributed by atoms with Crippen LogP contribution >= 0.6 is 15.9 Å². The molecule has 31 heavy (non-hydrogen) atoms. The minimum Gasteiger partial charge on any atom is -0.507 e. The lowest BCUT2D eigenvalue weighted by Gasteiger charge is -2.25. The van der Waals surface area contributed by atoms with E-state index in [1.165, 1.54) is 23.1 Å². The van der Waals surface area contributed by atoms with Gasteiger partial charge in [-0.1, -0.05) is 64.5 Å². The molecule has 3 aromatic rings. The van der Waals surface area contributed by atoms with E-state index >= 15 is 0 Å². The number of Topliss-reactive ketones (excluding diaryl/α,β-unsaturated/α-hetero) is 1. The summed E-state index contributed by atoms with van der Waals surface area (Å²) in [7, 11) is 0. The summed E-state index contributed by atoms with van der Waals surface area (Å²) in [6, 6.07) is 20.4. The van der Waals surface area contributed by atoms with Crippen molar-refractivity contribution in [3.05, 3.63) is 106 Å². The van der Waals surface area contributed by atoms with E-state index in [9.17, 15) is 24.6 Å². The van der Waals surface area contributed by atoms with Crippen molar-refractivity contribution in [1.82, 2.24) is 0 Å².